The average Bonchev–Trinajstić information content (AvgIpc) is 2.19. The summed E-state index contributed by atoms with van der Waals surface area (Å²) in [5.74, 6) is 0. The molecule has 0 saturated carbocycles. The molecular formula is C11H11BrN2. The normalized spacial score (nSPS) is 19.9. The molecule has 1 aliphatic rings. The second kappa shape index (κ2) is 4.12. The molecule has 1 aliphatic heterocycles. The third kappa shape index (κ3) is 1.97. The quantitative estimate of drug-likeness (QED) is 0.831. The minimum atomic E-state index is 0.327. The molecule has 0 bridgehead atoms. The zero-order chi connectivity index (χ0) is 9.97. The molecule has 1 N–H and O–H groups in total. The van der Waals surface area contributed by atoms with Gasteiger partial charge in [0.2, 0.25) is 0 Å². The van der Waals surface area contributed by atoms with Gasteiger partial charge in [-0.2, -0.15) is 5.26 Å². The third-order valence-corrected chi connectivity index (χ3v) is 3.05. The van der Waals surface area contributed by atoms with Crippen molar-refractivity contribution >= 4 is 15.9 Å². The first-order valence-electron chi connectivity index (χ1n) is 4.67. The van der Waals surface area contributed by atoms with Crippen LogP contribution in [-0.2, 0) is 13.0 Å². The van der Waals surface area contributed by atoms with E-state index in [1.165, 1.54) is 11.1 Å². The lowest BCUT2D eigenvalue weighted by Crippen LogP contribution is -2.35. The molecule has 1 aromatic carbocycles. The first kappa shape index (κ1) is 9.70. The van der Waals surface area contributed by atoms with Crippen molar-refractivity contribution in [2.45, 2.75) is 25.4 Å². The van der Waals surface area contributed by atoms with Crippen LogP contribution in [0.5, 0.6) is 0 Å². The van der Waals surface area contributed by atoms with Crippen LogP contribution in [0.2, 0.25) is 0 Å². The lowest BCUT2D eigenvalue weighted by molar-refractivity contribution is 0.487. The fraction of sp³-hybridized carbons (Fsp3) is 0.364. The highest BCUT2D eigenvalue weighted by molar-refractivity contribution is 9.10. The zero-order valence-corrected chi connectivity index (χ0v) is 9.34. The maximum atomic E-state index is 8.61. The van der Waals surface area contributed by atoms with Crippen molar-refractivity contribution in [2.24, 2.45) is 0 Å². The summed E-state index contributed by atoms with van der Waals surface area (Å²) in [4.78, 5) is 0. The Hall–Kier alpha value is -0.850. The Bertz CT molecular complexity index is 381. The maximum Gasteiger partial charge on any atom is 0.0638 e. The van der Waals surface area contributed by atoms with Crippen LogP contribution in [-0.4, -0.2) is 6.04 Å². The van der Waals surface area contributed by atoms with Gasteiger partial charge in [-0.1, -0.05) is 22.0 Å². The number of hydrogen-bond donors (Lipinski definition) is 1. The van der Waals surface area contributed by atoms with E-state index in [-0.39, 0.29) is 0 Å². The molecule has 1 heterocycles. The van der Waals surface area contributed by atoms with Gasteiger partial charge in [0.1, 0.15) is 0 Å². The van der Waals surface area contributed by atoms with Crippen molar-refractivity contribution in [2.75, 3.05) is 0 Å². The third-order valence-electron chi connectivity index (χ3n) is 2.55. The Morgan fingerprint density at radius 3 is 3.14 bits per heavy atom. The van der Waals surface area contributed by atoms with Gasteiger partial charge in [0.05, 0.1) is 12.5 Å². The highest BCUT2D eigenvalue weighted by atomic mass is 79.9. The van der Waals surface area contributed by atoms with E-state index in [0.717, 1.165) is 17.4 Å². The Labute approximate surface area is 92.1 Å². The molecule has 0 aromatic heterocycles. The fourth-order valence-corrected chi connectivity index (χ4v) is 2.21. The maximum absolute atomic E-state index is 8.61. The first-order valence-corrected chi connectivity index (χ1v) is 5.46. The van der Waals surface area contributed by atoms with Crippen LogP contribution in [0.3, 0.4) is 0 Å². The molecule has 1 aromatic rings. The van der Waals surface area contributed by atoms with Crippen LogP contribution in [0.4, 0.5) is 0 Å². The van der Waals surface area contributed by atoms with Crippen LogP contribution in [0.25, 0.3) is 0 Å². The number of halogens is 1. The van der Waals surface area contributed by atoms with Gasteiger partial charge in [0, 0.05) is 17.1 Å². The van der Waals surface area contributed by atoms with E-state index >= 15 is 0 Å². The molecule has 0 spiro atoms. The largest absolute Gasteiger partial charge is 0.309 e. The Balaban J connectivity index is 2.20. The monoisotopic (exact) mass is 250 g/mol. The van der Waals surface area contributed by atoms with E-state index in [9.17, 15) is 0 Å². The number of nitriles is 1. The van der Waals surface area contributed by atoms with Crippen LogP contribution in [0.15, 0.2) is 22.7 Å². The van der Waals surface area contributed by atoms with Gasteiger partial charge in [0.15, 0.2) is 0 Å². The number of rotatable bonds is 1. The molecule has 72 valence electrons. The summed E-state index contributed by atoms with van der Waals surface area (Å²) in [6.07, 6.45) is 1.56. The molecule has 1 atom stereocenters. The van der Waals surface area contributed by atoms with Crippen molar-refractivity contribution in [3.05, 3.63) is 33.8 Å². The number of nitrogens with zero attached hydrogens (tertiary/aromatic N) is 1. The Kier molecular flexibility index (Phi) is 2.85. The Morgan fingerprint density at radius 1 is 1.50 bits per heavy atom. The predicted molar refractivity (Wildman–Crippen MR) is 58.7 cm³/mol. The van der Waals surface area contributed by atoms with E-state index in [1.54, 1.807) is 0 Å². The van der Waals surface area contributed by atoms with Gasteiger partial charge in [-0.05, 0) is 29.7 Å². The number of hydrogen-bond acceptors (Lipinski definition) is 2. The van der Waals surface area contributed by atoms with Gasteiger partial charge < -0.3 is 5.32 Å². The van der Waals surface area contributed by atoms with Crippen LogP contribution < -0.4 is 5.32 Å². The van der Waals surface area contributed by atoms with Crippen molar-refractivity contribution < 1.29 is 0 Å². The van der Waals surface area contributed by atoms with Gasteiger partial charge in [-0.3, -0.25) is 0 Å². The Morgan fingerprint density at radius 2 is 2.36 bits per heavy atom. The minimum absolute atomic E-state index is 0.327. The summed E-state index contributed by atoms with van der Waals surface area (Å²) in [6, 6.07) is 8.89. The van der Waals surface area contributed by atoms with Crippen LogP contribution >= 0.6 is 15.9 Å². The van der Waals surface area contributed by atoms with Crippen molar-refractivity contribution in [3.63, 3.8) is 0 Å². The van der Waals surface area contributed by atoms with Crippen LogP contribution in [0, 0.1) is 11.3 Å². The summed E-state index contributed by atoms with van der Waals surface area (Å²) < 4.78 is 1.12. The molecule has 3 heteroatoms. The topological polar surface area (TPSA) is 35.8 Å². The molecule has 0 fully saturated rings. The molecule has 14 heavy (non-hydrogen) atoms. The molecular weight excluding hydrogens is 240 g/mol. The molecule has 2 nitrogen and oxygen atoms in total. The summed E-state index contributed by atoms with van der Waals surface area (Å²) in [6.45, 7) is 0.876. The zero-order valence-electron chi connectivity index (χ0n) is 7.76. The summed E-state index contributed by atoms with van der Waals surface area (Å²) in [7, 11) is 0. The second-order valence-electron chi connectivity index (χ2n) is 3.56. The van der Waals surface area contributed by atoms with E-state index in [1.807, 2.05) is 0 Å². The summed E-state index contributed by atoms with van der Waals surface area (Å²) in [5, 5.41) is 12.0. The predicted octanol–water partition coefficient (Wildman–Crippen LogP) is 2.38. The standard InChI is InChI=1S/C11H11BrN2/c12-10-2-1-8-6-11(3-4-13)14-7-9(8)5-10/h1-2,5,11,14H,3,6-7H2. The molecule has 0 aliphatic carbocycles. The highest BCUT2D eigenvalue weighted by Crippen LogP contribution is 2.21. The van der Waals surface area contributed by atoms with Gasteiger partial charge in [-0.15, -0.1) is 0 Å². The van der Waals surface area contributed by atoms with Gasteiger partial charge in [0.25, 0.3) is 0 Å². The molecule has 2 rings (SSSR count). The van der Waals surface area contributed by atoms with E-state index in [4.69, 9.17) is 5.26 Å². The van der Waals surface area contributed by atoms with Crippen LogP contribution in [0.1, 0.15) is 17.5 Å². The second-order valence-corrected chi connectivity index (χ2v) is 4.47. The highest BCUT2D eigenvalue weighted by Gasteiger charge is 2.17. The van der Waals surface area contributed by atoms with Gasteiger partial charge >= 0.3 is 0 Å². The summed E-state index contributed by atoms with van der Waals surface area (Å²) in [5.41, 5.74) is 2.71. The SMILES string of the molecule is N#CCC1Cc2ccc(Br)cc2CN1. The number of nitrogens with one attached hydrogen (secondary N) is 1. The van der Waals surface area contributed by atoms with E-state index in [0.29, 0.717) is 12.5 Å². The summed E-state index contributed by atoms with van der Waals surface area (Å²) >= 11 is 3.46. The van der Waals surface area contributed by atoms with Crippen molar-refractivity contribution in [1.29, 1.82) is 5.26 Å². The lowest BCUT2D eigenvalue weighted by atomic mass is 9.95. The number of fused-ring (bicyclic) bond motifs is 1. The van der Waals surface area contributed by atoms with E-state index in [2.05, 4.69) is 45.5 Å². The van der Waals surface area contributed by atoms with E-state index < -0.39 is 0 Å². The number of benzene rings is 1. The minimum Gasteiger partial charge on any atom is -0.309 e. The molecule has 0 saturated heterocycles. The van der Waals surface area contributed by atoms with Gasteiger partial charge in [-0.25, -0.2) is 0 Å². The van der Waals surface area contributed by atoms with Crippen molar-refractivity contribution in [3.8, 4) is 6.07 Å². The van der Waals surface area contributed by atoms with Crippen molar-refractivity contribution in [1.82, 2.24) is 5.32 Å². The molecule has 1 unspecified atom stereocenters. The average molecular weight is 251 g/mol. The first-order chi connectivity index (χ1) is 6.79. The smallest absolute Gasteiger partial charge is 0.0638 e. The molecule has 0 radical (unpaired) electrons. The fourth-order valence-electron chi connectivity index (χ4n) is 1.80. The molecule has 0 amide bonds. The lowest BCUT2D eigenvalue weighted by Gasteiger charge is -2.24.